The Morgan fingerprint density at radius 3 is 2.56 bits per heavy atom. The minimum atomic E-state index is -3.80. The number of aromatic nitrogens is 2. The number of hydrogen-bond donors (Lipinski definition) is 1. The highest BCUT2D eigenvalue weighted by Crippen LogP contribution is 2.26. The van der Waals surface area contributed by atoms with Crippen molar-refractivity contribution in [3.63, 3.8) is 0 Å². The largest absolute Gasteiger partial charge is 0.463 e. The average Bonchev–Trinajstić information content (AvgIpc) is 3.38. The zero-order valence-electron chi connectivity index (χ0n) is 18.4. The second kappa shape index (κ2) is 8.54. The van der Waals surface area contributed by atoms with Crippen molar-refractivity contribution < 1.29 is 17.6 Å². The first kappa shape index (κ1) is 22.1. The lowest BCUT2D eigenvalue weighted by molar-refractivity contribution is 0.0696. The summed E-state index contributed by atoms with van der Waals surface area (Å²) in [6.07, 6.45) is 3.14. The molecule has 1 aliphatic rings. The summed E-state index contributed by atoms with van der Waals surface area (Å²) in [5.74, 6) is 0.0552. The van der Waals surface area contributed by atoms with Crippen LogP contribution in [0.15, 0.2) is 75.1 Å². The van der Waals surface area contributed by atoms with Crippen LogP contribution in [0.25, 0.3) is 22.4 Å². The van der Waals surface area contributed by atoms with Gasteiger partial charge in [0.25, 0.3) is 11.5 Å². The molecule has 0 bridgehead atoms. The Hall–Kier alpha value is -3.76. The van der Waals surface area contributed by atoms with E-state index in [-0.39, 0.29) is 36.6 Å². The molecule has 0 spiro atoms. The topological polar surface area (TPSA) is 117 Å². The summed E-state index contributed by atoms with van der Waals surface area (Å²) in [6.45, 7) is 2.50. The molecule has 34 heavy (non-hydrogen) atoms. The Bertz CT molecular complexity index is 1540. The van der Waals surface area contributed by atoms with E-state index in [4.69, 9.17) is 4.42 Å². The van der Waals surface area contributed by atoms with Gasteiger partial charge in [-0.05, 0) is 48.9 Å². The van der Waals surface area contributed by atoms with E-state index in [1.807, 2.05) is 19.1 Å². The van der Waals surface area contributed by atoms with E-state index < -0.39 is 21.5 Å². The normalized spacial score (nSPS) is 15.0. The standard InChI is InChI=1S/C24H22N4O5S/c1-16-14-17-4-2-6-21(22(17)25-15-16)34(31,32)28-11-9-27(10-12-28)24(30)18-7-8-19(26-23(18)29)20-5-3-13-33-20/h2-8,13-15H,9-12H2,1H3,(H,26,29). The number of hydrogen-bond acceptors (Lipinski definition) is 6. The smallest absolute Gasteiger partial charge is 0.261 e. The molecule has 0 radical (unpaired) electrons. The highest BCUT2D eigenvalue weighted by atomic mass is 32.2. The van der Waals surface area contributed by atoms with Crippen LogP contribution < -0.4 is 5.56 Å². The van der Waals surface area contributed by atoms with Crippen molar-refractivity contribution in [3.05, 3.63) is 82.5 Å². The van der Waals surface area contributed by atoms with Crippen molar-refractivity contribution in [2.24, 2.45) is 0 Å². The molecule has 1 saturated heterocycles. The number of fused-ring (bicyclic) bond motifs is 1. The van der Waals surface area contributed by atoms with Gasteiger partial charge in [-0.15, -0.1) is 0 Å². The van der Waals surface area contributed by atoms with Crippen LogP contribution in [0.5, 0.6) is 0 Å². The monoisotopic (exact) mass is 478 g/mol. The number of carbonyl (C=O) groups is 1. The van der Waals surface area contributed by atoms with Gasteiger partial charge in [-0.3, -0.25) is 14.6 Å². The van der Waals surface area contributed by atoms with E-state index in [0.29, 0.717) is 17.0 Å². The van der Waals surface area contributed by atoms with Crippen molar-refractivity contribution in [1.82, 2.24) is 19.2 Å². The van der Waals surface area contributed by atoms with Gasteiger partial charge in [-0.25, -0.2) is 8.42 Å². The zero-order chi connectivity index (χ0) is 23.9. The molecule has 0 aliphatic carbocycles. The van der Waals surface area contributed by atoms with Gasteiger partial charge in [0, 0.05) is 37.8 Å². The fourth-order valence-electron chi connectivity index (χ4n) is 4.11. The van der Waals surface area contributed by atoms with Crippen LogP contribution in [0.3, 0.4) is 0 Å². The summed E-state index contributed by atoms with van der Waals surface area (Å²) in [6, 6.07) is 13.5. The first-order chi connectivity index (χ1) is 16.3. The number of nitrogens with zero attached hydrogens (tertiary/aromatic N) is 3. The molecule has 10 heteroatoms. The summed E-state index contributed by atoms with van der Waals surface area (Å²) < 4.78 is 33.3. The van der Waals surface area contributed by atoms with Crippen LogP contribution in [0.4, 0.5) is 0 Å². The van der Waals surface area contributed by atoms with Crippen LogP contribution >= 0.6 is 0 Å². The lowest BCUT2D eigenvalue weighted by Gasteiger charge is -2.34. The molecule has 3 aromatic heterocycles. The minimum absolute atomic E-state index is 0.000219. The van der Waals surface area contributed by atoms with Crippen LogP contribution in [-0.2, 0) is 10.0 Å². The van der Waals surface area contributed by atoms with Gasteiger partial charge in [0.05, 0.1) is 17.5 Å². The Kier molecular flexibility index (Phi) is 5.54. The summed E-state index contributed by atoms with van der Waals surface area (Å²) in [7, 11) is -3.80. The maximum absolute atomic E-state index is 13.4. The number of nitrogens with one attached hydrogen (secondary N) is 1. The number of aryl methyl sites for hydroxylation is 1. The molecule has 9 nitrogen and oxygen atoms in total. The number of rotatable bonds is 4. The quantitative estimate of drug-likeness (QED) is 0.482. The van der Waals surface area contributed by atoms with Crippen molar-refractivity contribution in [3.8, 4) is 11.5 Å². The van der Waals surface area contributed by atoms with Crippen LogP contribution in [-0.4, -0.2) is 59.7 Å². The molecule has 4 heterocycles. The molecule has 4 aromatic rings. The van der Waals surface area contributed by atoms with E-state index in [0.717, 1.165) is 10.9 Å². The molecule has 0 atom stereocenters. The van der Waals surface area contributed by atoms with Gasteiger partial charge in [0.2, 0.25) is 10.0 Å². The highest BCUT2D eigenvalue weighted by Gasteiger charge is 2.32. The number of carbonyl (C=O) groups excluding carboxylic acids is 1. The SMILES string of the molecule is Cc1cnc2c(S(=O)(=O)N3CCN(C(=O)c4ccc(-c5ccco5)[nH]c4=O)CC3)cccc2c1. The first-order valence-electron chi connectivity index (χ1n) is 10.8. The van der Waals surface area contributed by atoms with Crippen LogP contribution in [0.1, 0.15) is 15.9 Å². The number of H-pyrrole nitrogens is 1. The number of benzene rings is 1. The second-order valence-corrected chi connectivity index (χ2v) is 10.0. The van der Waals surface area contributed by atoms with Gasteiger partial charge >= 0.3 is 0 Å². The second-order valence-electron chi connectivity index (χ2n) is 8.13. The Balaban J connectivity index is 1.33. The lowest BCUT2D eigenvalue weighted by Crippen LogP contribution is -2.51. The number of sulfonamides is 1. The lowest BCUT2D eigenvalue weighted by atomic mass is 10.2. The van der Waals surface area contributed by atoms with Crippen molar-refractivity contribution >= 4 is 26.8 Å². The Labute approximate surface area is 195 Å². The summed E-state index contributed by atoms with van der Waals surface area (Å²) in [5, 5.41) is 0.757. The number of para-hydroxylation sites is 1. The van der Waals surface area contributed by atoms with Gasteiger partial charge in [0.15, 0.2) is 0 Å². The molecule has 1 aromatic carbocycles. The predicted octanol–water partition coefficient (Wildman–Crippen LogP) is 2.64. The predicted molar refractivity (Wildman–Crippen MR) is 126 cm³/mol. The fraction of sp³-hybridized carbons (Fsp3) is 0.208. The highest BCUT2D eigenvalue weighted by molar-refractivity contribution is 7.89. The third kappa shape index (κ3) is 3.91. The number of furan rings is 1. The minimum Gasteiger partial charge on any atom is -0.463 e. The average molecular weight is 479 g/mol. The van der Waals surface area contributed by atoms with Gasteiger partial charge < -0.3 is 14.3 Å². The van der Waals surface area contributed by atoms with E-state index in [9.17, 15) is 18.0 Å². The van der Waals surface area contributed by atoms with Gasteiger partial charge in [-0.2, -0.15) is 4.31 Å². The Morgan fingerprint density at radius 2 is 1.85 bits per heavy atom. The molecular weight excluding hydrogens is 456 g/mol. The molecule has 0 saturated carbocycles. The molecule has 1 aliphatic heterocycles. The third-order valence-electron chi connectivity index (χ3n) is 5.88. The molecule has 1 amide bonds. The van der Waals surface area contributed by atoms with Crippen molar-refractivity contribution in [1.29, 1.82) is 0 Å². The molecule has 5 rings (SSSR count). The van der Waals surface area contributed by atoms with E-state index >= 15 is 0 Å². The number of piperazine rings is 1. The van der Waals surface area contributed by atoms with Gasteiger partial charge in [0.1, 0.15) is 16.2 Å². The number of amides is 1. The molecule has 1 fully saturated rings. The van der Waals surface area contributed by atoms with Gasteiger partial charge in [-0.1, -0.05) is 12.1 Å². The molecule has 1 N–H and O–H groups in total. The zero-order valence-corrected chi connectivity index (χ0v) is 19.2. The van der Waals surface area contributed by atoms with Crippen LogP contribution in [0.2, 0.25) is 0 Å². The summed E-state index contributed by atoms with van der Waals surface area (Å²) >= 11 is 0. The number of aromatic amines is 1. The van der Waals surface area contributed by atoms with E-state index in [1.54, 1.807) is 36.5 Å². The third-order valence-corrected chi connectivity index (χ3v) is 7.81. The molecule has 0 unspecified atom stereocenters. The van der Waals surface area contributed by atoms with Crippen molar-refractivity contribution in [2.75, 3.05) is 26.2 Å². The Morgan fingerprint density at radius 1 is 1.06 bits per heavy atom. The summed E-state index contributed by atoms with van der Waals surface area (Å²) in [5.41, 5.74) is 1.32. The molecular formula is C24H22N4O5S. The number of pyridine rings is 2. The maximum atomic E-state index is 13.4. The molecule has 174 valence electrons. The van der Waals surface area contributed by atoms with E-state index in [1.165, 1.54) is 21.5 Å². The first-order valence-corrected chi connectivity index (χ1v) is 12.2. The fourth-order valence-corrected chi connectivity index (χ4v) is 5.70. The van der Waals surface area contributed by atoms with Crippen molar-refractivity contribution in [2.45, 2.75) is 11.8 Å². The van der Waals surface area contributed by atoms with E-state index in [2.05, 4.69) is 9.97 Å². The van der Waals surface area contributed by atoms with Crippen LogP contribution in [0, 0.1) is 6.92 Å². The summed E-state index contributed by atoms with van der Waals surface area (Å²) in [4.78, 5) is 34.1. The maximum Gasteiger partial charge on any atom is 0.261 e.